The van der Waals surface area contributed by atoms with E-state index in [0.29, 0.717) is 23.5 Å². The van der Waals surface area contributed by atoms with Crippen molar-refractivity contribution in [2.75, 3.05) is 0 Å². The van der Waals surface area contributed by atoms with Gasteiger partial charge in [0.1, 0.15) is 16.2 Å². The molecule has 1 aromatic heterocycles. The topological polar surface area (TPSA) is 175 Å². The van der Waals surface area contributed by atoms with Gasteiger partial charge in [-0.25, -0.2) is 0 Å². The molecule has 3 heterocycles. The zero-order valence-corrected chi connectivity index (χ0v) is 18.7. The van der Waals surface area contributed by atoms with Gasteiger partial charge in [0.15, 0.2) is 5.12 Å². The normalized spacial score (nSPS) is 20.0. The summed E-state index contributed by atoms with van der Waals surface area (Å²) in [5.41, 5.74) is 0.272. The molecule has 170 valence electrons. The number of nitrogens with zero attached hydrogens (tertiary/aromatic N) is 2. The number of thioether (sulfide) groups is 3. The molecule has 2 aliphatic heterocycles. The van der Waals surface area contributed by atoms with E-state index in [-0.39, 0.29) is 35.3 Å². The molecule has 0 spiro atoms. The molecule has 1 aromatic carbocycles. The van der Waals surface area contributed by atoms with Crippen molar-refractivity contribution in [3.63, 3.8) is 0 Å². The second kappa shape index (κ2) is 9.76. The Morgan fingerprint density at radius 1 is 0.970 bits per heavy atom. The Morgan fingerprint density at radius 3 is 2.24 bits per heavy atom. The van der Waals surface area contributed by atoms with Crippen molar-refractivity contribution in [1.82, 2.24) is 20.8 Å². The molecule has 2 saturated heterocycles. The van der Waals surface area contributed by atoms with Crippen LogP contribution in [-0.2, 0) is 19.2 Å². The molecule has 33 heavy (non-hydrogen) atoms. The van der Waals surface area contributed by atoms with E-state index in [1.807, 2.05) is 0 Å². The lowest BCUT2D eigenvalue weighted by Gasteiger charge is -2.08. The molecule has 12 nitrogen and oxygen atoms in total. The molecule has 4 amide bonds. The number of hydrogen-bond acceptors (Lipinski definition) is 13. The second-order valence-electron chi connectivity index (χ2n) is 6.49. The van der Waals surface area contributed by atoms with Crippen molar-refractivity contribution < 1.29 is 37.9 Å². The Labute approximate surface area is 197 Å². The minimum atomic E-state index is -0.870. The van der Waals surface area contributed by atoms with E-state index < -0.39 is 43.9 Å². The average Bonchev–Trinajstić information content (AvgIpc) is 3.41. The van der Waals surface area contributed by atoms with E-state index in [0.717, 1.165) is 11.8 Å². The summed E-state index contributed by atoms with van der Waals surface area (Å²) in [6, 6.07) is 6.28. The van der Waals surface area contributed by atoms with Gasteiger partial charge in [-0.2, -0.15) is 0 Å². The first-order valence-electron chi connectivity index (χ1n) is 9.15. The van der Waals surface area contributed by atoms with Crippen molar-refractivity contribution in [3.8, 4) is 17.2 Å². The van der Waals surface area contributed by atoms with Gasteiger partial charge in [0.2, 0.25) is 11.8 Å². The predicted octanol–water partition coefficient (Wildman–Crippen LogP) is 1.74. The highest BCUT2D eigenvalue weighted by molar-refractivity contribution is 8.16. The third kappa shape index (κ3) is 5.61. The maximum absolute atomic E-state index is 12.3. The van der Waals surface area contributed by atoms with Crippen LogP contribution in [0.3, 0.4) is 0 Å². The summed E-state index contributed by atoms with van der Waals surface area (Å²) in [7, 11) is 0. The molecule has 2 N–H and O–H groups in total. The summed E-state index contributed by atoms with van der Waals surface area (Å²) >= 11 is 2.07. The molecule has 0 unspecified atom stereocenters. The van der Waals surface area contributed by atoms with E-state index in [1.165, 1.54) is 6.07 Å². The van der Waals surface area contributed by atoms with Crippen LogP contribution in [0, 0.1) is 0 Å². The predicted molar refractivity (Wildman–Crippen MR) is 115 cm³/mol. The summed E-state index contributed by atoms with van der Waals surface area (Å²) in [4.78, 5) is 70.1. The minimum Gasteiger partial charge on any atom is -0.426 e. The van der Waals surface area contributed by atoms with Crippen molar-refractivity contribution in [1.29, 1.82) is 0 Å². The summed E-state index contributed by atoms with van der Waals surface area (Å²) in [5, 5.41) is 8.58. The van der Waals surface area contributed by atoms with E-state index >= 15 is 0 Å². The SMILES string of the molecule is O=C(C[C@@H]1SC(=O)NC1=O)Oc1ccccc1-c1nnc(SC(=O)C[C@@H]2SC(=O)NC2=O)o1. The Morgan fingerprint density at radius 2 is 1.61 bits per heavy atom. The highest BCUT2D eigenvalue weighted by atomic mass is 32.2. The molecule has 0 saturated carbocycles. The monoisotopic (exact) mass is 508 g/mol. The van der Waals surface area contributed by atoms with Crippen LogP contribution in [0.4, 0.5) is 9.59 Å². The van der Waals surface area contributed by atoms with Crippen LogP contribution in [0.5, 0.6) is 5.75 Å². The van der Waals surface area contributed by atoms with E-state index in [2.05, 4.69) is 20.8 Å². The van der Waals surface area contributed by atoms with Crippen molar-refractivity contribution in [2.45, 2.75) is 28.6 Å². The molecule has 4 rings (SSSR count). The maximum Gasteiger partial charge on any atom is 0.312 e. The number of imide groups is 2. The van der Waals surface area contributed by atoms with Crippen LogP contribution in [0.1, 0.15) is 12.8 Å². The lowest BCUT2D eigenvalue weighted by Crippen LogP contribution is -2.27. The lowest BCUT2D eigenvalue weighted by atomic mass is 10.2. The van der Waals surface area contributed by atoms with Gasteiger partial charge >= 0.3 is 5.97 Å². The first-order valence-corrected chi connectivity index (χ1v) is 11.7. The van der Waals surface area contributed by atoms with Crippen molar-refractivity contribution in [2.24, 2.45) is 0 Å². The highest BCUT2D eigenvalue weighted by Gasteiger charge is 2.35. The Hall–Kier alpha value is -3.17. The zero-order valence-electron chi connectivity index (χ0n) is 16.3. The Balaban J connectivity index is 1.40. The van der Waals surface area contributed by atoms with Gasteiger partial charge in [0.25, 0.3) is 21.6 Å². The quantitative estimate of drug-likeness (QED) is 0.314. The summed E-state index contributed by atoms with van der Waals surface area (Å²) in [5.74, 6) is -1.77. The number of carbonyl (C=O) groups is 6. The molecule has 0 aliphatic carbocycles. The first kappa shape index (κ1) is 23.0. The van der Waals surface area contributed by atoms with Gasteiger partial charge < -0.3 is 9.15 Å². The third-order valence-electron chi connectivity index (χ3n) is 4.19. The summed E-state index contributed by atoms with van der Waals surface area (Å²) in [6.07, 6.45) is -0.515. The largest absolute Gasteiger partial charge is 0.426 e. The van der Waals surface area contributed by atoms with E-state index in [4.69, 9.17) is 9.15 Å². The van der Waals surface area contributed by atoms with Gasteiger partial charge in [-0.1, -0.05) is 35.7 Å². The van der Waals surface area contributed by atoms with Crippen LogP contribution in [0.15, 0.2) is 33.9 Å². The number of ether oxygens (including phenoxy) is 1. The summed E-state index contributed by atoms with van der Waals surface area (Å²) < 4.78 is 10.8. The molecule has 0 radical (unpaired) electrons. The van der Waals surface area contributed by atoms with Gasteiger partial charge in [0, 0.05) is 18.2 Å². The number of nitrogens with one attached hydrogen (secondary N) is 2. The first-order chi connectivity index (χ1) is 15.8. The minimum absolute atomic E-state index is 0.0278. The zero-order chi connectivity index (χ0) is 23.5. The number of rotatable bonds is 7. The molecular weight excluding hydrogens is 496 g/mol. The van der Waals surface area contributed by atoms with Gasteiger partial charge in [-0.05, 0) is 12.1 Å². The highest BCUT2D eigenvalue weighted by Crippen LogP contribution is 2.33. The Kier molecular flexibility index (Phi) is 6.80. The van der Waals surface area contributed by atoms with Crippen molar-refractivity contribution >= 4 is 68.7 Å². The molecule has 0 bridgehead atoms. The van der Waals surface area contributed by atoms with E-state index in [1.54, 1.807) is 18.2 Å². The maximum atomic E-state index is 12.3. The number of aromatic nitrogens is 2. The molecule has 2 fully saturated rings. The number of hydrogen-bond donors (Lipinski definition) is 2. The molecule has 2 aromatic rings. The van der Waals surface area contributed by atoms with Gasteiger partial charge in [-0.3, -0.25) is 39.4 Å². The van der Waals surface area contributed by atoms with Crippen LogP contribution >= 0.6 is 35.3 Å². The smallest absolute Gasteiger partial charge is 0.312 e. The fraction of sp³-hybridized carbons (Fsp3) is 0.222. The van der Waals surface area contributed by atoms with Crippen LogP contribution in [0.2, 0.25) is 0 Å². The van der Waals surface area contributed by atoms with E-state index in [9.17, 15) is 28.8 Å². The molecule has 15 heteroatoms. The van der Waals surface area contributed by atoms with Crippen molar-refractivity contribution in [3.05, 3.63) is 24.3 Å². The Bertz CT molecular complexity index is 1180. The number of benzene rings is 1. The number of amides is 4. The fourth-order valence-corrected chi connectivity index (χ4v) is 5.13. The third-order valence-corrected chi connectivity index (χ3v) is 6.88. The second-order valence-corrected chi connectivity index (χ2v) is 9.85. The molecule has 2 atom stereocenters. The van der Waals surface area contributed by atoms with Gasteiger partial charge in [0.05, 0.1) is 12.0 Å². The number of esters is 1. The summed E-state index contributed by atoms with van der Waals surface area (Å²) in [6.45, 7) is 0. The van der Waals surface area contributed by atoms with Gasteiger partial charge in [-0.15, -0.1) is 10.2 Å². The fourth-order valence-electron chi connectivity index (χ4n) is 2.75. The molecule has 2 aliphatic rings. The average molecular weight is 509 g/mol. The lowest BCUT2D eigenvalue weighted by molar-refractivity contribution is -0.135. The van der Waals surface area contributed by atoms with Crippen LogP contribution in [0.25, 0.3) is 11.5 Å². The molecular formula is C18H12N4O8S3. The standard InChI is InChI=1S/C18H12N4O8S3/c23-11(5-9-13(25)19-16(27)31-9)29-8-4-2-1-3-7(8)15-21-22-18(30-15)33-12(24)6-10-14(26)20-17(28)32-10/h1-4,9-10H,5-6H2,(H,19,25,27)(H,20,26,28)/t9-,10-/m0/s1. The van der Waals surface area contributed by atoms with Crippen LogP contribution in [-0.4, -0.2) is 54.1 Å². The van der Waals surface area contributed by atoms with Crippen LogP contribution < -0.4 is 15.4 Å². The number of carbonyl (C=O) groups excluding carboxylic acids is 6. The number of para-hydroxylation sites is 1.